The molecule has 0 spiro atoms. The van der Waals surface area contributed by atoms with Gasteiger partial charge >= 0.3 is 0 Å². The van der Waals surface area contributed by atoms with E-state index in [4.69, 9.17) is 4.42 Å². The number of ketones is 1. The number of carbonyl (C=O) groups is 1. The van der Waals surface area contributed by atoms with Crippen LogP contribution in [0.1, 0.15) is 67.3 Å². The molecule has 2 aliphatic carbocycles. The summed E-state index contributed by atoms with van der Waals surface area (Å²) < 4.78 is 5.50. The first-order valence-electron chi connectivity index (χ1n) is 6.83. The van der Waals surface area contributed by atoms with Crippen molar-refractivity contribution in [3.8, 4) is 0 Å². The van der Waals surface area contributed by atoms with Crippen molar-refractivity contribution < 1.29 is 14.3 Å². The first-order chi connectivity index (χ1) is 8.50. The zero-order valence-electron chi connectivity index (χ0n) is 11.1. The van der Waals surface area contributed by atoms with Gasteiger partial charge in [-0.25, -0.2) is 0 Å². The summed E-state index contributed by atoms with van der Waals surface area (Å²) in [6.45, 7) is 6.42. The molecule has 0 saturated heterocycles. The minimum Gasteiger partial charge on any atom is -0.465 e. The maximum absolute atomic E-state index is 12.1. The Labute approximate surface area is 107 Å². The maximum atomic E-state index is 12.1. The lowest BCUT2D eigenvalue weighted by Gasteiger charge is -2.39. The number of Topliss-reactive ketones (excluding diaryl/α,β-unsaturated/α-hetero) is 1. The third kappa shape index (κ3) is 1.50. The van der Waals surface area contributed by atoms with Crippen molar-refractivity contribution in [2.45, 2.75) is 45.6 Å². The highest BCUT2D eigenvalue weighted by Crippen LogP contribution is 2.52. The minimum atomic E-state index is -0.552. The molecule has 1 heterocycles. The molecule has 18 heavy (non-hydrogen) atoms. The highest BCUT2D eigenvalue weighted by Gasteiger charge is 2.45. The summed E-state index contributed by atoms with van der Waals surface area (Å²) in [4.78, 5) is 12.1. The number of hydrogen-bond donors (Lipinski definition) is 1. The van der Waals surface area contributed by atoms with Crippen molar-refractivity contribution in [1.82, 2.24) is 0 Å². The third-order valence-corrected chi connectivity index (χ3v) is 4.76. The number of rotatable bonds is 1. The molecule has 0 bridgehead atoms. The molecule has 98 valence electrons. The number of carbonyl (C=O) groups excluding carboxylic acids is 1. The number of furan rings is 1. The van der Waals surface area contributed by atoms with Gasteiger partial charge in [0.1, 0.15) is 18.1 Å². The molecular formula is C15H20O3. The minimum absolute atomic E-state index is 0.178. The van der Waals surface area contributed by atoms with E-state index in [0.29, 0.717) is 29.9 Å². The first-order valence-corrected chi connectivity index (χ1v) is 6.83. The van der Waals surface area contributed by atoms with Crippen LogP contribution in [0.15, 0.2) is 10.7 Å². The summed E-state index contributed by atoms with van der Waals surface area (Å²) in [6, 6.07) is 0. The lowest BCUT2D eigenvalue weighted by atomic mass is 9.64. The molecule has 3 nitrogen and oxygen atoms in total. The van der Waals surface area contributed by atoms with Crippen molar-refractivity contribution in [1.29, 1.82) is 0 Å². The molecular weight excluding hydrogens is 228 g/mol. The number of hydrogen-bond acceptors (Lipinski definition) is 3. The SMILES string of the molecule is CC(C)[C@H]1CC(=O)c2coc3c2[C@@H]1C[C@H](C)[C@@H]3O. The summed E-state index contributed by atoms with van der Waals surface area (Å²) in [6.07, 6.45) is 2.58. The fourth-order valence-corrected chi connectivity index (χ4v) is 3.67. The van der Waals surface area contributed by atoms with Crippen molar-refractivity contribution >= 4 is 5.78 Å². The van der Waals surface area contributed by atoms with E-state index in [0.717, 1.165) is 17.5 Å². The molecule has 3 heteroatoms. The quantitative estimate of drug-likeness (QED) is 0.829. The predicted molar refractivity (Wildman–Crippen MR) is 67.5 cm³/mol. The third-order valence-electron chi connectivity index (χ3n) is 4.76. The Morgan fingerprint density at radius 2 is 2.17 bits per heavy atom. The van der Waals surface area contributed by atoms with Crippen molar-refractivity contribution in [3.05, 3.63) is 23.2 Å². The van der Waals surface area contributed by atoms with E-state index in [1.165, 1.54) is 0 Å². The summed E-state index contributed by atoms with van der Waals surface area (Å²) in [5.41, 5.74) is 1.73. The van der Waals surface area contributed by atoms with Crippen LogP contribution in [0.5, 0.6) is 0 Å². The second kappa shape index (κ2) is 3.95. The molecule has 0 amide bonds. The van der Waals surface area contributed by atoms with Crippen LogP contribution >= 0.6 is 0 Å². The van der Waals surface area contributed by atoms with Gasteiger partial charge in [0, 0.05) is 12.0 Å². The summed E-state index contributed by atoms with van der Waals surface area (Å²) in [5.74, 6) is 2.28. The highest BCUT2D eigenvalue weighted by molar-refractivity contribution is 5.99. The normalized spacial score (nSPS) is 34.8. The lowest BCUT2D eigenvalue weighted by molar-refractivity contribution is 0.0591. The molecule has 1 aromatic heterocycles. The summed E-state index contributed by atoms with van der Waals surface area (Å²) in [7, 11) is 0. The predicted octanol–water partition coefficient (Wildman–Crippen LogP) is 3.30. The van der Waals surface area contributed by atoms with Gasteiger partial charge in [-0.05, 0) is 30.1 Å². The second-order valence-electron chi connectivity index (χ2n) is 6.23. The molecule has 0 saturated carbocycles. The second-order valence-corrected chi connectivity index (χ2v) is 6.23. The summed E-state index contributed by atoms with van der Waals surface area (Å²) in [5, 5.41) is 10.2. The van der Waals surface area contributed by atoms with E-state index in [-0.39, 0.29) is 11.7 Å². The fraction of sp³-hybridized carbons (Fsp3) is 0.667. The Morgan fingerprint density at radius 3 is 2.83 bits per heavy atom. The van der Waals surface area contributed by atoms with Gasteiger partial charge in [0.05, 0.1) is 5.56 Å². The highest BCUT2D eigenvalue weighted by atomic mass is 16.4. The molecule has 0 aliphatic heterocycles. The van der Waals surface area contributed by atoms with Gasteiger partial charge < -0.3 is 9.52 Å². The molecule has 0 unspecified atom stereocenters. The Kier molecular flexibility index (Phi) is 2.63. The van der Waals surface area contributed by atoms with E-state index in [9.17, 15) is 9.90 Å². The molecule has 1 N–H and O–H groups in total. The largest absolute Gasteiger partial charge is 0.465 e. The Bertz CT molecular complexity index is 486. The van der Waals surface area contributed by atoms with Gasteiger partial charge in [0.15, 0.2) is 5.78 Å². The van der Waals surface area contributed by atoms with Gasteiger partial charge in [-0.2, -0.15) is 0 Å². The Morgan fingerprint density at radius 1 is 1.44 bits per heavy atom. The van der Waals surface area contributed by atoms with Gasteiger partial charge in [0.2, 0.25) is 0 Å². The maximum Gasteiger partial charge on any atom is 0.166 e. The molecule has 0 radical (unpaired) electrons. The molecule has 1 aromatic rings. The van der Waals surface area contributed by atoms with E-state index in [1.54, 1.807) is 6.26 Å². The van der Waals surface area contributed by atoms with E-state index in [2.05, 4.69) is 20.8 Å². The van der Waals surface area contributed by atoms with Crippen molar-refractivity contribution in [2.24, 2.45) is 17.8 Å². The number of aliphatic hydroxyl groups excluding tert-OH is 1. The molecule has 4 atom stereocenters. The molecule has 3 rings (SSSR count). The van der Waals surface area contributed by atoms with Gasteiger partial charge in [0.25, 0.3) is 0 Å². The van der Waals surface area contributed by atoms with Crippen LogP contribution in [-0.4, -0.2) is 10.9 Å². The van der Waals surface area contributed by atoms with Crippen molar-refractivity contribution in [3.63, 3.8) is 0 Å². The van der Waals surface area contributed by atoms with E-state index < -0.39 is 6.10 Å². The zero-order chi connectivity index (χ0) is 13.0. The van der Waals surface area contributed by atoms with Crippen LogP contribution in [0.2, 0.25) is 0 Å². The Hall–Kier alpha value is -1.09. The van der Waals surface area contributed by atoms with Crippen LogP contribution in [0, 0.1) is 17.8 Å². The lowest BCUT2D eigenvalue weighted by Crippen LogP contribution is -2.33. The van der Waals surface area contributed by atoms with Crippen LogP contribution in [-0.2, 0) is 0 Å². The van der Waals surface area contributed by atoms with E-state index in [1.807, 2.05) is 0 Å². The van der Waals surface area contributed by atoms with Crippen LogP contribution < -0.4 is 0 Å². The van der Waals surface area contributed by atoms with Crippen LogP contribution in [0.4, 0.5) is 0 Å². The molecule has 2 aliphatic rings. The van der Waals surface area contributed by atoms with Gasteiger partial charge in [-0.15, -0.1) is 0 Å². The molecule has 0 fully saturated rings. The first kappa shape index (κ1) is 12.0. The average Bonchev–Trinajstić information content (AvgIpc) is 2.75. The van der Waals surface area contributed by atoms with Crippen molar-refractivity contribution in [2.75, 3.05) is 0 Å². The monoisotopic (exact) mass is 248 g/mol. The average molecular weight is 248 g/mol. The van der Waals surface area contributed by atoms with Crippen LogP contribution in [0.3, 0.4) is 0 Å². The topological polar surface area (TPSA) is 50.4 Å². The smallest absolute Gasteiger partial charge is 0.166 e. The zero-order valence-corrected chi connectivity index (χ0v) is 11.1. The van der Waals surface area contributed by atoms with Gasteiger partial charge in [-0.3, -0.25) is 4.79 Å². The molecule has 0 aromatic carbocycles. The van der Waals surface area contributed by atoms with Crippen LogP contribution in [0.25, 0.3) is 0 Å². The van der Waals surface area contributed by atoms with E-state index >= 15 is 0 Å². The standard InChI is InChI=1S/C15H20O3/c1-7(2)9-5-12(16)11-6-18-15-13(11)10(9)4-8(3)14(15)17/h6-10,14,17H,4-5H2,1-3H3/t8-,9+,10+,14-/m0/s1. The number of aliphatic hydroxyl groups is 1. The van der Waals surface area contributed by atoms with Gasteiger partial charge in [-0.1, -0.05) is 20.8 Å². The fourth-order valence-electron chi connectivity index (χ4n) is 3.67. The Balaban J connectivity index is 2.14. The summed E-state index contributed by atoms with van der Waals surface area (Å²) >= 11 is 0.